The minimum absolute atomic E-state index is 0.188. The molecule has 1 aromatic heterocycles. The molecule has 0 atom stereocenters. The van der Waals surface area contributed by atoms with E-state index in [0.29, 0.717) is 5.75 Å². The molecular weight excluding hydrogens is 265 g/mol. The van der Waals surface area contributed by atoms with Gasteiger partial charge in [0.25, 0.3) is 0 Å². The van der Waals surface area contributed by atoms with Gasteiger partial charge in [-0.05, 0) is 30.3 Å². The largest absolute Gasteiger partial charge is 0.496 e. The van der Waals surface area contributed by atoms with Gasteiger partial charge in [-0.3, -0.25) is 4.79 Å². The van der Waals surface area contributed by atoms with Crippen molar-refractivity contribution in [1.82, 2.24) is 4.98 Å². The Kier molecular flexibility index (Phi) is 4.52. The number of carbonyl (C=O) groups excluding carboxylic acids is 1. The summed E-state index contributed by atoms with van der Waals surface area (Å²) in [5.41, 5.74) is 0.255. The second-order valence-electron chi connectivity index (χ2n) is 3.72. The molecule has 2 rings (SSSR count). The number of carbonyl (C=O) groups is 1. The predicted octanol–water partition coefficient (Wildman–Crippen LogP) is 3.20. The molecule has 3 nitrogen and oxygen atoms in total. The first-order valence-corrected chi connectivity index (χ1v) is 6.60. The standard InChI is InChI=1S/C14H12FNO2S/c1-18-13-6-5-10(15)8-11(13)12(17)9-19-14-4-2-3-7-16-14/h2-8H,9H2,1H3. The van der Waals surface area contributed by atoms with E-state index in [0.717, 1.165) is 5.03 Å². The molecule has 19 heavy (non-hydrogen) atoms. The van der Waals surface area contributed by atoms with Crippen molar-refractivity contribution < 1.29 is 13.9 Å². The lowest BCUT2D eigenvalue weighted by Gasteiger charge is -2.07. The third-order valence-corrected chi connectivity index (χ3v) is 3.39. The summed E-state index contributed by atoms with van der Waals surface area (Å²) >= 11 is 1.31. The van der Waals surface area contributed by atoms with Crippen LogP contribution in [-0.2, 0) is 0 Å². The quantitative estimate of drug-likeness (QED) is 0.621. The van der Waals surface area contributed by atoms with Crippen LogP contribution in [0.15, 0.2) is 47.6 Å². The number of ether oxygens (including phenoxy) is 1. The topological polar surface area (TPSA) is 39.2 Å². The fourth-order valence-corrected chi connectivity index (χ4v) is 2.29. The number of rotatable bonds is 5. The van der Waals surface area contributed by atoms with Gasteiger partial charge >= 0.3 is 0 Å². The number of thioether (sulfide) groups is 1. The van der Waals surface area contributed by atoms with Crippen molar-refractivity contribution in [3.8, 4) is 5.75 Å². The zero-order valence-corrected chi connectivity index (χ0v) is 11.1. The van der Waals surface area contributed by atoms with Crippen molar-refractivity contribution >= 4 is 17.5 Å². The molecule has 0 radical (unpaired) electrons. The average molecular weight is 277 g/mol. The third-order valence-electron chi connectivity index (χ3n) is 2.45. The molecule has 1 aromatic carbocycles. The highest BCUT2D eigenvalue weighted by Gasteiger charge is 2.13. The molecule has 2 aromatic rings. The second-order valence-corrected chi connectivity index (χ2v) is 4.72. The van der Waals surface area contributed by atoms with Crippen molar-refractivity contribution in [2.45, 2.75) is 5.03 Å². The van der Waals surface area contributed by atoms with Gasteiger partial charge in [0.1, 0.15) is 11.6 Å². The van der Waals surface area contributed by atoms with E-state index in [-0.39, 0.29) is 17.1 Å². The molecule has 1 heterocycles. The summed E-state index contributed by atoms with van der Waals surface area (Å²) in [6.45, 7) is 0. The summed E-state index contributed by atoms with van der Waals surface area (Å²) in [6, 6.07) is 9.39. The fourth-order valence-electron chi connectivity index (χ4n) is 1.55. The van der Waals surface area contributed by atoms with Crippen LogP contribution < -0.4 is 4.74 Å². The highest BCUT2D eigenvalue weighted by atomic mass is 32.2. The van der Waals surface area contributed by atoms with E-state index in [1.165, 1.54) is 37.1 Å². The van der Waals surface area contributed by atoms with Crippen LogP contribution in [0.5, 0.6) is 5.75 Å². The molecule has 98 valence electrons. The number of ketones is 1. The Bertz CT molecular complexity index is 575. The van der Waals surface area contributed by atoms with Gasteiger partial charge in [0.15, 0.2) is 5.78 Å². The molecule has 0 aliphatic heterocycles. The van der Waals surface area contributed by atoms with Gasteiger partial charge in [0, 0.05) is 6.20 Å². The van der Waals surface area contributed by atoms with Crippen LogP contribution in [0, 0.1) is 5.82 Å². The van der Waals surface area contributed by atoms with Gasteiger partial charge in [-0.2, -0.15) is 0 Å². The summed E-state index contributed by atoms with van der Waals surface area (Å²) in [7, 11) is 1.45. The fraction of sp³-hybridized carbons (Fsp3) is 0.143. The number of aromatic nitrogens is 1. The minimum atomic E-state index is -0.452. The maximum Gasteiger partial charge on any atom is 0.176 e. The van der Waals surface area contributed by atoms with E-state index in [2.05, 4.69) is 4.98 Å². The number of methoxy groups -OCH3 is 1. The molecule has 0 saturated carbocycles. The van der Waals surface area contributed by atoms with Gasteiger partial charge in [0.2, 0.25) is 0 Å². The van der Waals surface area contributed by atoms with Crippen LogP contribution in [0.25, 0.3) is 0 Å². The van der Waals surface area contributed by atoms with Gasteiger partial charge in [0.05, 0.1) is 23.5 Å². The molecule has 0 aliphatic carbocycles. The van der Waals surface area contributed by atoms with E-state index < -0.39 is 5.82 Å². The molecular formula is C14H12FNO2S. The average Bonchev–Trinajstić information content (AvgIpc) is 2.46. The molecule has 0 bridgehead atoms. The number of nitrogens with zero attached hydrogens (tertiary/aromatic N) is 1. The zero-order valence-electron chi connectivity index (χ0n) is 10.3. The highest BCUT2D eigenvalue weighted by molar-refractivity contribution is 7.99. The number of benzene rings is 1. The Hall–Kier alpha value is -1.88. The predicted molar refractivity (Wildman–Crippen MR) is 72.2 cm³/mol. The summed E-state index contributed by atoms with van der Waals surface area (Å²) in [6.07, 6.45) is 1.66. The first kappa shape index (κ1) is 13.5. The number of hydrogen-bond donors (Lipinski definition) is 0. The lowest BCUT2D eigenvalue weighted by atomic mass is 10.1. The molecule has 0 saturated heterocycles. The van der Waals surface area contributed by atoms with Crippen molar-refractivity contribution in [3.05, 3.63) is 54.0 Å². The molecule has 0 fully saturated rings. The Morgan fingerprint density at radius 3 is 2.89 bits per heavy atom. The van der Waals surface area contributed by atoms with Crippen LogP contribution in [-0.4, -0.2) is 23.6 Å². The summed E-state index contributed by atoms with van der Waals surface area (Å²) < 4.78 is 18.2. The number of Topliss-reactive ketones (excluding diaryl/α,β-unsaturated/α-hetero) is 1. The molecule has 0 aliphatic rings. The van der Waals surface area contributed by atoms with E-state index in [4.69, 9.17) is 4.74 Å². The lowest BCUT2D eigenvalue weighted by molar-refractivity contribution is 0.101. The van der Waals surface area contributed by atoms with E-state index in [9.17, 15) is 9.18 Å². The van der Waals surface area contributed by atoms with Crippen molar-refractivity contribution in [2.24, 2.45) is 0 Å². The first-order valence-electron chi connectivity index (χ1n) is 5.61. The van der Waals surface area contributed by atoms with E-state index >= 15 is 0 Å². The normalized spacial score (nSPS) is 10.2. The summed E-state index contributed by atoms with van der Waals surface area (Å²) in [5.74, 6) is -0.0661. The Labute approximate surface area is 114 Å². The van der Waals surface area contributed by atoms with Crippen molar-refractivity contribution in [2.75, 3.05) is 12.9 Å². The number of halogens is 1. The van der Waals surface area contributed by atoms with Gasteiger partial charge in [-0.25, -0.2) is 9.37 Å². The number of hydrogen-bond acceptors (Lipinski definition) is 4. The minimum Gasteiger partial charge on any atom is -0.496 e. The first-order chi connectivity index (χ1) is 9.20. The Morgan fingerprint density at radius 2 is 2.21 bits per heavy atom. The second kappa shape index (κ2) is 6.33. The third kappa shape index (κ3) is 3.54. The summed E-state index contributed by atoms with van der Waals surface area (Å²) in [5, 5.41) is 0.756. The van der Waals surface area contributed by atoms with Crippen molar-refractivity contribution in [3.63, 3.8) is 0 Å². The molecule has 0 unspecified atom stereocenters. The zero-order chi connectivity index (χ0) is 13.7. The van der Waals surface area contributed by atoms with Gasteiger partial charge in [-0.15, -0.1) is 0 Å². The van der Waals surface area contributed by atoms with Crippen LogP contribution in [0.4, 0.5) is 4.39 Å². The number of pyridine rings is 1. The smallest absolute Gasteiger partial charge is 0.176 e. The Balaban J connectivity index is 2.10. The van der Waals surface area contributed by atoms with Crippen LogP contribution in [0.3, 0.4) is 0 Å². The van der Waals surface area contributed by atoms with E-state index in [1.807, 2.05) is 18.2 Å². The van der Waals surface area contributed by atoms with Crippen molar-refractivity contribution in [1.29, 1.82) is 0 Å². The molecule has 0 spiro atoms. The van der Waals surface area contributed by atoms with Gasteiger partial charge in [-0.1, -0.05) is 17.8 Å². The van der Waals surface area contributed by atoms with E-state index in [1.54, 1.807) is 6.20 Å². The maximum atomic E-state index is 13.2. The van der Waals surface area contributed by atoms with Crippen LogP contribution >= 0.6 is 11.8 Å². The highest BCUT2D eigenvalue weighted by Crippen LogP contribution is 2.23. The maximum absolute atomic E-state index is 13.2. The van der Waals surface area contributed by atoms with Gasteiger partial charge < -0.3 is 4.74 Å². The SMILES string of the molecule is COc1ccc(F)cc1C(=O)CSc1ccccn1. The lowest BCUT2D eigenvalue weighted by Crippen LogP contribution is -2.05. The Morgan fingerprint density at radius 1 is 1.37 bits per heavy atom. The molecule has 0 amide bonds. The van der Waals surface area contributed by atoms with Crippen LogP contribution in [0.2, 0.25) is 0 Å². The molecule has 5 heteroatoms. The summed E-state index contributed by atoms with van der Waals surface area (Å²) in [4.78, 5) is 16.2. The molecule has 0 N–H and O–H groups in total. The monoisotopic (exact) mass is 277 g/mol. The van der Waals surface area contributed by atoms with Crippen LogP contribution in [0.1, 0.15) is 10.4 Å².